The summed E-state index contributed by atoms with van der Waals surface area (Å²) in [6.45, 7) is 1.84. The molecule has 6 heteroatoms. The van der Waals surface area contributed by atoms with E-state index in [1.165, 1.54) is 0 Å². The first-order chi connectivity index (χ1) is 8.96. The lowest BCUT2D eigenvalue weighted by molar-refractivity contribution is 0.149. The van der Waals surface area contributed by atoms with E-state index in [4.69, 9.17) is 0 Å². The number of aliphatic hydroxyl groups excluding tert-OH is 1. The molecule has 2 unspecified atom stereocenters. The fourth-order valence-corrected chi connectivity index (χ4v) is 2.74. The quantitative estimate of drug-likeness (QED) is 0.833. The molecule has 0 amide bonds. The number of nitrogens with one attached hydrogen (secondary N) is 1. The normalized spacial score (nSPS) is 27.3. The largest absolute Gasteiger partial charge is 0.394 e. The first-order valence-corrected chi connectivity index (χ1v) is 6.36. The minimum Gasteiger partial charge on any atom is -0.394 e. The van der Waals surface area contributed by atoms with Crippen LogP contribution in [0, 0.1) is 23.5 Å². The molecule has 0 saturated heterocycles. The minimum absolute atomic E-state index is 0.197. The molecule has 19 heavy (non-hydrogen) atoms. The Morgan fingerprint density at radius 2 is 2.16 bits per heavy atom. The predicted molar refractivity (Wildman–Crippen MR) is 65.2 cm³/mol. The Bertz CT molecular complexity index is 469. The molecule has 0 aromatic carbocycles. The highest BCUT2D eigenvalue weighted by atomic mass is 19.2. The van der Waals surface area contributed by atoms with E-state index in [9.17, 15) is 18.3 Å². The smallest absolute Gasteiger partial charge is 0.251 e. The highest BCUT2D eigenvalue weighted by Crippen LogP contribution is 2.35. The third kappa shape index (κ3) is 3.00. The van der Waals surface area contributed by atoms with Crippen LogP contribution in [-0.4, -0.2) is 22.2 Å². The molecular weight excluding hydrogens is 257 g/mol. The lowest BCUT2D eigenvalue weighted by Crippen LogP contribution is -2.46. The number of aliphatic hydroxyl groups is 1. The van der Waals surface area contributed by atoms with Gasteiger partial charge >= 0.3 is 0 Å². The highest BCUT2D eigenvalue weighted by Gasteiger charge is 2.35. The highest BCUT2D eigenvalue weighted by molar-refractivity contribution is 5.40. The number of nitrogens with zero attached hydrogens (tertiary/aromatic N) is 1. The molecule has 1 aromatic rings. The number of hydrogen-bond donors (Lipinski definition) is 2. The molecule has 0 radical (unpaired) electrons. The Morgan fingerprint density at radius 3 is 2.79 bits per heavy atom. The van der Waals surface area contributed by atoms with Crippen molar-refractivity contribution in [2.45, 2.75) is 38.1 Å². The zero-order valence-corrected chi connectivity index (χ0v) is 10.7. The predicted octanol–water partition coefficient (Wildman–Crippen LogP) is 2.85. The van der Waals surface area contributed by atoms with E-state index in [1.807, 2.05) is 6.92 Å². The van der Waals surface area contributed by atoms with Crippen LogP contribution < -0.4 is 5.32 Å². The van der Waals surface area contributed by atoms with Crippen LogP contribution in [0.5, 0.6) is 0 Å². The van der Waals surface area contributed by atoms with Crippen molar-refractivity contribution in [1.82, 2.24) is 4.98 Å². The van der Waals surface area contributed by atoms with E-state index in [0.717, 1.165) is 12.8 Å². The average Bonchev–Trinajstić information content (AvgIpc) is 2.36. The second kappa shape index (κ2) is 5.36. The van der Waals surface area contributed by atoms with Gasteiger partial charge in [-0.05, 0) is 18.8 Å². The first kappa shape index (κ1) is 14.1. The molecule has 0 aliphatic heterocycles. The molecule has 1 saturated carbocycles. The van der Waals surface area contributed by atoms with E-state index < -0.39 is 23.1 Å². The molecule has 3 nitrogen and oxygen atoms in total. The van der Waals surface area contributed by atoms with Crippen molar-refractivity contribution in [2.75, 3.05) is 11.9 Å². The van der Waals surface area contributed by atoms with E-state index in [-0.39, 0.29) is 12.4 Å². The third-order valence-corrected chi connectivity index (χ3v) is 3.66. The summed E-state index contributed by atoms with van der Waals surface area (Å²) in [7, 11) is 0. The molecule has 2 rings (SSSR count). The van der Waals surface area contributed by atoms with Crippen molar-refractivity contribution >= 4 is 5.82 Å². The molecule has 0 spiro atoms. The van der Waals surface area contributed by atoms with Crippen LogP contribution in [0.2, 0.25) is 0 Å². The Hall–Kier alpha value is -1.30. The summed E-state index contributed by atoms with van der Waals surface area (Å²) in [4.78, 5) is 3.25. The number of halogens is 3. The molecule has 106 valence electrons. The summed E-state index contributed by atoms with van der Waals surface area (Å²) < 4.78 is 39.5. The summed E-state index contributed by atoms with van der Waals surface area (Å²) in [5.74, 6) is -3.59. The lowest BCUT2D eigenvalue weighted by Gasteiger charge is -2.39. The lowest BCUT2D eigenvalue weighted by atomic mass is 9.77. The Balaban J connectivity index is 2.25. The van der Waals surface area contributed by atoms with Crippen LogP contribution in [0.25, 0.3) is 0 Å². The van der Waals surface area contributed by atoms with Crippen molar-refractivity contribution in [3.63, 3.8) is 0 Å². The molecule has 2 N–H and O–H groups in total. The molecule has 1 aliphatic carbocycles. The maximum Gasteiger partial charge on any atom is 0.251 e. The van der Waals surface area contributed by atoms with Gasteiger partial charge in [-0.15, -0.1) is 0 Å². The van der Waals surface area contributed by atoms with Gasteiger partial charge in [0.1, 0.15) is 0 Å². The Labute approximate surface area is 109 Å². The number of anilines is 1. The van der Waals surface area contributed by atoms with Gasteiger partial charge < -0.3 is 10.4 Å². The van der Waals surface area contributed by atoms with Crippen molar-refractivity contribution in [3.05, 3.63) is 23.6 Å². The topological polar surface area (TPSA) is 45.1 Å². The summed E-state index contributed by atoms with van der Waals surface area (Å²) >= 11 is 0. The van der Waals surface area contributed by atoms with Crippen LogP contribution >= 0.6 is 0 Å². The first-order valence-electron chi connectivity index (χ1n) is 6.36. The molecule has 1 aliphatic rings. The number of pyridine rings is 1. The maximum absolute atomic E-state index is 13.6. The van der Waals surface area contributed by atoms with Crippen LogP contribution in [-0.2, 0) is 0 Å². The van der Waals surface area contributed by atoms with Crippen LogP contribution in [0.3, 0.4) is 0 Å². The zero-order chi connectivity index (χ0) is 14.0. The molecule has 0 bridgehead atoms. The van der Waals surface area contributed by atoms with Crippen LogP contribution in [0.1, 0.15) is 32.6 Å². The maximum atomic E-state index is 13.6. The van der Waals surface area contributed by atoms with Gasteiger partial charge in [0, 0.05) is 6.07 Å². The van der Waals surface area contributed by atoms with E-state index in [2.05, 4.69) is 10.3 Å². The zero-order valence-electron chi connectivity index (χ0n) is 10.7. The van der Waals surface area contributed by atoms with Gasteiger partial charge in [-0.25, -0.2) is 8.78 Å². The number of rotatable bonds is 3. The fourth-order valence-electron chi connectivity index (χ4n) is 2.74. The SMILES string of the molecule is CC1CCCC(CO)(Nc2nc(F)c(F)cc2F)C1. The second-order valence-corrected chi connectivity index (χ2v) is 5.36. The van der Waals surface area contributed by atoms with Crippen LogP contribution in [0.15, 0.2) is 6.07 Å². The number of hydrogen-bond acceptors (Lipinski definition) is 3. The van der Waals surface area contributed by atoms with Gasteiger partial charge in [0.05, 0.1) is 12.1 Å². The van der Waals surface area contributed by atoms with Gasteiger partial charge in [-0.2, -0.15) is 9.37 Å². The molecular formula is C13H17F3N2O. The monoisotopic (exact) mass is 274 g/mol. The number of aromatic nitrogens is 1. The second-order valence-electron chi connectivity index (χ2n) is 5.36. The van der Waals surface area contributed by atoms with Crippen LogP contribution in [0.4, 0.5) is 19.0 Å². The summed E-state index contributed by atoms with van der Waals surface area (Å²) in [5.41, 5.74) is -0.713. The van der Waals surface area contributed by atoms with Crippen molar-refractivity contribution in [3.8, 4) is 0 Å². The van der Waals surface area contributed by atoms with E-state index >= 15 is 0 Å². The Kier molecular flexibility index (Phi) is 3.99. The Morgan fingerprint density at radius 1 is 1.42 bits per heavy atom. The van der Waals surface area contributed by atoms with E-state index in [1.54, 1.807) is 0 Å². The standard InChI is InChI=1S/C13H17F3N2O/c1-8-3-2-4-13(6-8,7-19)18-12-10(15)5-9(14)11(16)17-12/h5,8,19H,2-4,6-7H2,1H3,(H,17,18). The van der Waals surface area contributed by atoms with Crippen molar-refractivity contribution < 1.29 is 18.3 Å². The third-order valence-electron chi connectivity index (χ3n) is 3.66. The molecule has 2 atom stereocenters. The average molecular weight is 274 g/mol. The van der Waals surface area contributed by atoms with Gasteiger partial charge in [0.15, 0.2) is 17.5 Å². The summed E-state index contributed by atoms with van der Waals surface area (Å²) in [5, 5.41) is 12.3. The van der Waals surface area contributed by atoms with Gasteiger partial charge in [-0.1, -0.05) is 19.8 Å². The van der Waals surface area contributed by atoms with Gasteiger partial charge in [0.25, 0.3) is 5.95 Å². The summed E-state index contributed by atoms with van der Waals surface area (Å²) in [6, 6.07) is 0.460. The molecule has 1 fully saturated rings. The molecule has 1 heterocycles. The minimum atomic E-state index is -1.35. The molecule has 1 aromatic heterocycles. The summed E-state index contributed by atoms with van der Waals surface area (Å²) in [6.07, 6.45) is 3.22. The van der Waals surface area contributed by atoms with Crippen molar-refractivity contribution in [2.24, 2.45) is 5.92 Å². The van der Waals surface area contributed by atoms with Gasteiger partial charge in [-0.3, -0.25) is 0 Å². The van der Waals surface area contributed by atoms with E-state index in [0.29, 0.717) is 24.8 Å². The fraction of sp³-hybridized carbons (Fsp3) is 0.615. The van der Waals surface area contributed by atoms with Gasteiger partial charge in [0.2, 0.25) is 0 Å². The van der Waals surface area contributed by atoms with Crippen molar-refractivity contribution in [1.29, 1.82) is 0 Å².